The number of hydrazone groups is 1. The first kappa shape index (κ1) is 20.1. The van der Waals surface area contributed by atoms with Crippen molar-refractivity contribution in [3.63, 3.8) is 0 Å². The fraction of sp³-hybridized carbons (Fsp3) is 0.150. The molecule has 0 aliphatic rings. The first-order valence-corrected chi connectivity index (χ1v) is 8.48. The van der Waals surface area contributed by atoms with Crippen LogP contribution in [0.15, 0.2) is 58.0 Å². The van der Waals surface area contributed by atoms with Crippen LogP contribution >= 0.6 is 0 Å². The molecule has 150 valence electrons. The van der Waals surface area contributed by atoms with Crippen LogP contribution in [0.25, 0.3) is 11.0 Å². The van der Waals surface area contributed by atoms with Crippen LogP contribution in [-0.4, -0.2) is 23.7 Å². The summed E-state index contributed by atoms with van der Waals surface area (Å²) in [7, 11) is 0. The largest absolute Gasteiger partial charge is 0.471 e. The molecule has 2 aromatic carbocycles. The van der Waals surface area contributed by atoms with Gasteiger partial charge in [-0.05, 0) is 37.6 Å². The lowest BCUT2D eigenvalue weighted by Gasteiger charge is -2.09. The summed E-state index contributed by atoms with van der Waals surface area (Å²) in [5.41, 5.74) is 4.32. The van der Waals surface area contributed by atoms with Gasteiger partial charge in [-0.2, -0.15) is 18.3 Å². The SMILES string of the molecule is C/C(=N\NC(=O)c1oc2ccccc2c1C)c1cccc(NC(=O)C(F)(F)F)c1. The molecular weight excluding hydrogens is 387 g/mol. The minimum Gasteiger partial charge on any atom is -0.451 e. The molecule has 0 saturated heterocycles. The first-order valence-electron chi connectivity index (χ1n) is 8.48. The monoisotopic (exact) mass is 403 g/mol. The molecule has 0 spiro atoms. The van der Waals surface area contributed by atoms with Gasteiger partial charge in [0.15, 0.2) is 5.76 Å². The number of para-hydroxylation sites is 1. The summed E-state index contributed by atoms with van der Waals surface area (Å²) in [4.78, 5) is 23.5. The molecule has 0 radical (unpaired) electrons. The highest BCUT2D eigenvalue weighted by Gasteiger charge is 2.38. The molecule has 6 nitrogen and oxygen atoms in total. The molecule has 9 heteroatoms. The van der Waals surface area contributed by atoms with Gasteiger partial charge < -0.3 is 9.73 Å². The number of anilines is 1. The number of carbonyl (C=O) groups excluding carboxylic acids is 2. The van der Waals surface area contributed by atoms with Crippen molar-refractivity contribution in [2.75, 3.05) is 5.32 Å². The van der Waals surface area contributed by atoms with Crippen LogP contribution in [0.3, 0.4) is 0 Å². The van der Waals surface area contributed by atoms with Crippen LogP contribution in [0, 0.1) is 6.92 Å². The normalized spacial score (nSPS) is 12.1. The van der Waals surface area contributed by atoms with Gasteiger partial charge in [-0.15, -0.1) is 0 Å². The molecule has 2 N–H and O–H groups in total. The van der Waals surface area contributed by atoms with E-state index in [1.54, 1.807) is 37.4 Å². The number of carbonyl (C=O) groups is 2. The van der Waals surface area contributed by atoms with Crippen molar-refractivity contribution < 1.29 is 27.2 Å². The number of hydrogen-bond acceptors (Lipinski definition) is 4. The number of furan rings is 1. The number of halogens is 3. The van der Waals surface area contributed by atoms with E-state index in [0.29, 0.717) is 22.4 Å². The lowest BCUT2D eigenvalue weighted by molar-refractivity contribution is -0.167. The Bertz CT molecular complexity index is 1120. The highest BCUT2D eigenvalue weighted by Crippen LogP contribution is 2.24. The van der Waals surface area contributed by atoms with Crippen molar-refractivity contribution in [1.29, 1.82) is 0 Å². The standard InChI is InChI=1S/C20H16F3N3O3/c1-11-15-8-3-4-9-16(15)29-17(11)18(27)26-25-12(2)13-6-5-7-14(10-13)24-19(28)20(21,22)23/h3-10H,1-2H3,(H,24,28)(H,26,27)/b25-12+. The molecule has 0 unspecified atom stereocenters. The van der Waals surface area contributed by atoms with E-state index in [9.17, 15) is 22.8 Å². The number of nitrogens with one attached hydrogen (secondary N) is 2. The van der Waals surface area contributed by atoms with Crippen molar-refractivity contribution in [1.82, 2.24) is 5.43 Å². The van der Waals surface area contributed by atoms with Crippen LogP contribution in [0.4, 0.5) is 18.9 Å². The third-order valence-corrected chi connectivity index (χ3v) is 4.17. The maximum absolute atomic E-state index is 12.4. The minimum absolute atomic E-state index is 0.0427. The van der Waals surface area contributed by atoms with Crippen molar-refractivity contribution >= 4 is 34.2 Å². The smallest absolute Gasteiger partial charge is 0.451 e. The summed E-state index contributed by atoms with van der Waals surface area (Å²) in [6.45, 7) is 3.32. The van der Waals surface area contributed by atoms with Gasteiger partial charge in [0.1, 0.15) is 5.58 Å². The van der Waals surface area contributed by atoms with E-state index >= 15 is 0 Å². The Kier molecular flexibility index (Phi) is 5.40. The fourth-order valence-electron chi connectivity index (χ4n) is 2.66. The minimum atomic E-state index is -4.99. The molecule has 0 aliphatic carbocycles. The highest BCUT2D eigenvalue weighted by atomic mass is 19.4. The number of nitrogens with zero attached hydrogens (tertiary/aromatic N) is 1. The summed E-state index contributed by atoms with van der Waals surface area (Å²) >= 11 is 0. The quantitative estimate of drug-likeness (QED) is 0.500. The maximum Gasteiger partial charge on any atom is 0.471 e. The number of alkyl halides is 3. The second-order valence-corrected chi connectivity index (χ2v) is 6.22. The summed E-state index contributed by atoms with van der Waals surface area (Å²) in [6, 6.07) is 12.9. The average molecular weight is 403 g/mol. The lowest BCUT2D eigenvalue weighted by Crippen LogP contribution is -2.29. The Morgan fingerprint density at radius 1 is 1.07 bits per heavy atom. The van der Waals surface area contributed by atoms with Gasteiger partial charge in [-0.3, -0.25) is 9.59 Å². The Morgan fingerprint density at radius 3 is 2.48 bits per heavy atom. The highest BCUT2D eigenvalue weighted by molar-refractivity contribution is 6.03. The van der Waals surface area contributed by atoms with Crippen molar-refractivity contribution in [2.45, 2.75) is 20.0 Å². The summed E-state index contributed by atoms with van der Waals surface area (Å²) < 4.78 is 42.7. The topological polar surface area (TPSA) is 83.7 Å². The van der Waals surface area contributed by atoms with Crippen molar-refractivity contribution in [3.05, 3.63) is 65.4 Å². The maximum atomic E-state index is 12.4. The van der Waals surface area contributed by atoms with Crippen LogP contribution in [-0.2, 0) is 4.79 Å². The van der Waals surface area contributed by atoms with Crippen LogP contribution in [0.5, 0.6) is 0 Å². The molecule has 0 aliphatic heterocycles. The van der Waals surface area contributed by atoms with Crippen molar-refractivity contribution in [3.8, 4) is 0 Å². The molecule has 0 atom stereocenters. The number of fused-ring (bicyclic) bond motifs is 1. The molecule has 2 amide bonds. The van der Waals surface area contributed by atoms with Crippen LogP contribution in [0.2, 0.25) is 0 Å². The third-order valence-electron chi connectivity index (χ3n) is 4.17. The second-order valence-electron chi connectivity index (χ2n) is 6.22. The fourth-order valence-corrected chi connectivity index (χ4v) is 2.66. The van der Waals surface area contributed by atoms with Gasteiger partial charge in [0.25, 0.3) is 0 Å². The van der Waals surface area contributed by atoms with E-state index in [2.05, 4.69) is 10.5 Å². The zero-order valence-electron chi connectivity index (χ0n) is 15.4. The van der Waals surface area contributed by atoms with Gasteiger partial charge in [0.2, 0.25) is 0 Å². The number of amides is 2. The van der Waals surface area contributed by atoms with Gasteiger partial charge in [-0.25, -0.2) is 5.43 Å². The number of benzene rings is 2. The zero-order chi connectivity index (χ0) is 21.2. The molecule has 0 fully saturated rings. The predicted octanol–water partition coefficient (Wildman–Crippen LogP) is 4.40. The van der Waals surface area contributed by atoms with Crippen LogP contribution in [0.1, 0.15) is 28.6 Å². The second kappa shape index (κ2) is 7.78. The van der Waals surface area contributed by atoms with Gasteiger partial charge in [0.05, 0.1) is 5.71 Å². The van der Waals surface area contributed by atoms with E-state index in [1.165, 1.54) is 18.2 Å². The van der Waals surface area contributed by atoms with E-state index in [0.717, 1.165) is 5.39 Å². The Morgan fingerprint density at radius 2 is 1.79 bits per heavy atom. The van der Waals surface area contributed by atoms with Gasteiger partial charge in [0, 0.05) is 16.6 Å². The molecular formula is C20H16F3N3O3. The molecule has 29 heavy (non-hydrogen) atoms. The Hall–Kier alpha value is -3.62. The molecule has 0 bridgehead atoms. The summed E-state index contributed by atoms with van der Waals surface area (Å²) in [5, 5.41) is 6.55. The van der Waals surface area contributed by atoms with E-state index in [-0.39, 0.29) is 11.4 Å². The molecule has 3 rings (SSSR count). The summed E-state index contributed by atoms with van der Waals surface area (Å²) in [5.74, 6) is -2.51. The Balaban J connectivity index is 1.75. The van der Waals surface area contributed by atoms with Gasteiger partial charge >= 0.3 is 18.0 Å². The van der Waals surface area contributed by atoms with Crippen molar-refractivity contribution in [2.24, 2.45) is 5.10 Å². The van der Waals surface area contributed by atoms with Crippen LogP contribution < -0.4 is 10.7 Å². The zero-order valence-corrected chi connectivity index (χ0v) is 15.4. The van der Waals surface area contributed by atoms with E-state index in [1.807, 2.05) is 12.1 Å². The predicted molar refractivity (Wildman–Crippen MR) is 102 cm³/mol. The molecule has 0 saturated carbocycles. The molecule has 1 aromatic heterocycles. The third kappa shape index (κ3) is 4.45. The first-order chi connectivity index (χ1) is 13.7. The Labute approximate surface area is 163 Å². The number of hydrogen-bond donors (Lipinski definition) is 2. The number of rotatable bonds is 4. The number of aryl methyl sites for hydroxylation is 1. The average Bonchev–Trinajstić information content (AvgIpc) is 3.02. The lowest BCUT2D eigenvalue weighted by atomic mass is 10.1. The molecule has 1 heterocycles. The molecule has 3 aromatic rings. The van der Waals surface area contributed by atoms with E-state index in [4.69, 9.17) is 4.42 Å². The summed E-state index contributed by atoms with van der Waals surface area (Å²) in [6.07, 6.45) is -4.99. The van der Waals surface area contributed by atoms with E-state index < -0.39 is 18.0 Å². The van der Waals surface area contributed by atoms with Gasteiger partial charge in [-0.1, -0.05) is 30.3 Å².